The maximum absolute atomic E-state index is 12.8. The molecule has 0 radical (unpaired) electrons. The number of aromatic amines is 1. The van der Waals surface area contributed by atoms with Crippen LogP contribution in [0.1, 0.15) is 29.8 Å². The normalized spacial score (nSPS) is 12.7. The second kappa shape index (κ2) is 4.47. The Bertz CT molecular complexity index is 459. The SMILES string of the molecule is Cc1cc(CC(C)c2ccc(F)cc2)[nH]n1. The van der Waals surface area contributed by atoms with Gasteiger partial charge in [0, 0.05) is 5.69 Å². The van der Waals surface area contributed by atoms with Crippen molar-refractivity contribution >= 4 is 0 Å². The Morgan fingerprint density at radius 2 is 2.00 bits per heavy atom. The molecule has 1 heterocycles. The van der Waals surface area contributed by atoms with Gasteiger partial charge in [-0.15, -0.1) is 0 Å². The monoisotopic (exact) mass is 218 g/mol. The minimum absolute atomic E-state index is 0.187. The van der Waals surface area contributed by atoms with E-state index in [-0.39, 0.29) is 5.82 Å². The summed E-state index contributed by atoms with van der Waals surface area (Å²) >= 11 is 0. The third-order valence-electron chi connectivity index (χ3n) is 2.72. The molecule has 1 N–H and O–H groups in total. The summed E-state index contributed by atoms with van der Waals surface area (Å²) in [6.07, 6.45) is 0.895. The van der Waals surface area contributed by atoms with E-state index < -0.39 is 0 Å². The van der Waals surface area contributed by atoms with Crippen molar-refractivity contribution in [3.8, 4) is 0 Å². The zero-order valence-electron chi connectivity index (χ0n) is 9.50. The lowest BCUT2D eigenvalue weighted by atomic mass is 9.96. The number of nitrogens with one attached hydrogen (secondary N) is 1. The predicted octanol–water partition coefficient (Wildman–Crippen LogP) is 3.20. The molecule has 0 aliphatic carbocycles. The van der Waals surface area contributed by atoms with Crippen LogP contribution in [0.2, 0.25) is 0 Å². The van der Waals surface area contributed by atoms with E-state index in [9.17, 15) is 4.39 Å². The fourth-order valence-corrected chi connectivity index (χ4v) is 1.82. The molecule has 1 unspecified atom stereocenters. The van der Waals surface area contributed by atoms with Gasteiger partial charge in [0.25, 0.3) is 0 Å². The Kier molecular flexibility index (Phi) is 3.04. The Labute approximate surface area is 94.5 Å². The van der Waals surface area contributed by atoms with Crippen LogP contribution in [0.3, 0.4) is 0 Å². The van der Waals surface area contributed by atoms with Gasteiger partial charge in [0.1, 0.15) is 5.82 Å². The van der Waals surface area contributed by atoms with Gasteiger partial charge in [0.05, 0.1) is 5.69 Å². The quantitative estimate of drug-likeness (QED) is 0.842. The molecule has 0 bridgehead atoms. The number of rotatable bonds is 3. The summed E-state index contributed by atoms with van der Waals surface area (Å²) in [6.45, 7) is 4.09. The topological polar surface area (TPSA) is 28.7 Å². The van der Waals surface area contributed by atoms with Gasteiger partial charge in [0.15, 0.2) is 0 Å². The van der Waals surface area contributed by atoms with Crippen molar-refractivity contribution in [2.24, 2.45) is 0 Å². The zero-order chi connectivity index (χ0) is 11.5. The van der Waals surface area contributed by atoms with Gasteiger partial charge in [-0.3, -0.25) is 5.10 Å². The summed E-state index contributed by atoms with van der Waals surface area (Å²) < 4.78 is 12.8. The molecule has 0 spiro atoms. The molecule has 3 heteroatoms. The number of halogens is 1. The van der Waals surface area contributed by atoms with Gasteiger partial charge in [-0.25, -0.2) is 4.39 Å². The van der Waals surface area contributed by atoms with Crippen LogP contribution >= 0.6 is 0 Å². The largest absolute Gasteiger partial charge is 0.282 e. The number of H-pyrrole nitrogens is 1. The third kappa shape index (κ3) is 2.48. The van der Waals surface area contributed by atoms with Crippen molar-refractivity contribution in [3.05, 3.63) is 53.1 Å². The van der Waals surface area contributed by atoms with Crippen molar-refractivity contribution in [2.75, 3.05) is 0 Å². The first-order chi connectivity index (χ1) is 7.65. The molecule has 0 fully saturated rings. The summed E-state index contributed by atoms with van der Waals surface area (Å²) in [7, 11) is 0. The molecule has 16 heavy (non-hydrogen) atoms. The van der Waals surface area contributed by atoms with E-state index in [1.807, 2.05) is 25.1 Å². The summed E-state index contributed by atoms with van der Waals surface area (Å²) in [6, 6.07) is 8.72. The first-order valence-corrected chi connectivity index (χ1v) is 5.41. The van der Waals surface area contributed by atoms with Crippen molar-refractivity contribution in [1.82, 2.24) is 10.2 Å². The maximum atomic E-state index is 12.8. The van der Waals surface area contributed by atoms with Crippen molar-refractivity contribution < 1.29 is 4.39 Å². The summed E-state index contributed by atoms with van der Waals surface area (Å²) in [5.41, 5.74) is 3.27. The van der Waals surface area contributed by atoms with E-state index in [2.05, 4.69) is 17.1 Å². The smallest absolute Gasteiger partial charge is 0.123 e. The summed E-state index contributed by atoms with van der Waals surface area (Å²) in [5.74, 6) is 0.175. The molecule has 0 saturated carbocycles. The molecular formula is C13H15FN2. The highest BCUT2D eigenvalue weighted by Gasteiger charge is 2.08. The highest BCUT2D eigenvalue weighted by Crippen LogP contribution is 2.19. The minimum Gasteiger partial charge on any atom is -0.282 e. The molecule has 1 aromatic carbocycles. The van der Waals surface area contributed by atoms with Crippen LogP contribution in [-0.2, 0) is 6.42 Å². The van der Waals surface area contributed by atoms with Crippen LogP contribution in [0.25, 0.3) is 0 Å². The van der Waals surface area contributed by atoms with Gasteiger partial charge in [-0.2, -0.15) is 5.10 Å². The molecule has 0 aliphatic rings. The van der Waals surface area contributed by atoms with E-state index in [1.165, 1.54) is 12.1 Å². The summed E-state index contributed by atoms with van der Waals surface area (Å²) in [5, 5.41) is 7.09. The molecular weight excluding hydrogens is 203 g/mol. The van der Waals surface area contributed by atoms with E-state index in [1.54, 1.807) is 0 Å². The van der Waals surface area contributed by atoms with Gasteiger partial charge < -0.3 is 0 Å². The Morgan fingerprint density at radius 3 is 2.56 bits per heavy atom. The first-order valence-electron chi connectivity index (χ1n) is 5.41. The van der Waals surface area contributed by atoms with Crippen molar-refractivity contribution in [3.63, 3.8) is 0 Å². The second-order valence-corrected chi connectivity index (χ2v) is 4.19. The molecule has 84 valence electrons. The molecule has 1 aromatic heterocycles. The Balaban J connectivity index is 2.08. The molecule has 0 saturated heterocycles. The highest BCUT2D eigenvalue weighted by atomic mass is 19.1. The predicted molar refractivity (Wildman–Crippen MR) is 61.8 cm³/mol. The van der Waals surface area contributed by atoms with E-state index in [0.717, 1.165) is 23.4 Å². The van der Waals surface area contributed by atoms with Crippen molar-refractivity contribution in [2.45, 2.75) is 26.2 Å². The Hall–Kier alpha value is -1.64. The highest BCUT2D eigenvalue weighted by molar-refractivity contribution is 5.22. The second-order valence-electron chi connectivity index (χ2n) is 4.19. The zero-order valence-corrected chi connectivity index (χ0v) is 9.50. The fourth-order valence-electron chi connectivity index (χ4n) is 1.82. The van der Waals surface area contributed by atoms with E-state index in [0.29, 0.717) is 5.92 Å². The molecule has 2 aromatic rings. The average Bonchev–Trinajstić information content (AvgIpc) is 2.65. The average molecular weight is 218 g/mol. The molecule has 0 amide bonds. The van der Waals surface area contributed by atoms with Crippen LogP contribution in [0, 0.1) is 12.7 Å². The lowest BCUT2D eigenvalue weighted by Crippen LogP contribution is -1.98. The first kappa shape index (κ1) is 10.9. The van der Waals surface area contributed by atoms with Crippen LogP contribution in [0.15, 0.2) is 30.3 Å². The van der Waals surface area contributed by atoms with E-state index >= 15 is 0 Å². The number of aromatic nitrogens is 2. The Morgan fingerprint density at radius 1 is 1.31 bits per heavy atom. The fraction of sp³-hybridized carbons (Fsp3) is 0.308. The third-order valence-corrected chi connectivity index (χ3v) is 2.72. The van der Waals surface area contributed by atoms with Crippen LogP contribution in [0.4, 0.5) is 4.39 Å². The molecule has 2 nitrogen and oxygen atoms in total. The number of aryl methyl sites for hydroxylation is 1. The van der Waals surface area contributed by atoms with Gasteiger partial charge in [-0.1, -0.05) is 19.1 Å². The summed E-state index contributed by atoms with van der Waals surface area (Å²) in [4.78, 5) is 0. The van der Waals surface area contributed by atoms with Gasteiger partial charge >= 0.3 is 0 Å². The number of benzene rings is 1. The van der Waals surface area contributed by atoms with Gasteiger partial charge in [0.2, 0.25) is 0 Å². The van der Waals surface area contributed by atoms with E-state index in [4.69, 9.17) is 0 Å². The minimum atomic E-state index is -0.187. The maximum Gasteiger partial charge on any atom is 0.123 e. The molecule has 0 aliphatic heterocycles. The van der Waals surface area contributed by atoms with Crippen molar-refractivity contribution in [1.29, 1.82) is 0 Å². The standard InChI is InChI=1S/C13H15FN2/c1-9(7-13-8-10(2)15-16-13)11-3-5-12(14)6-4-11/h3-6,8-9H,7H2,1-2H3,(H,15,16). The molecule has 2 rings (SSSR count). The van der Waals surface area contributed by atoms with Crippen LogP contribution in [-0.4, -0.2) is 10.2 Å². The van der Waals surface area contributed by atoms with Gasteiger partial charge in [-0.05, 0) is 43.0 Å². The lowest BCUT2D eigenvalue weighted by Gasteiger charge is -2.10. The van der Waals surface area contributed by atoms with Crippen LogP contribution < -0.4 is 0 Å². The number of nitrogens with zero attached hydrogens (tertiary/aromatic N) is 1. The van der Waals surface area contributed by atoms with Crippen LogP contribution in [0.5, 0.6) is 0 Å². The number of hydrogen-bond donors (Lipinski definition) is 1. The molecule has 1 atom stereocenters. The lowest BCUT2D eigenvalue weighted by molar-refractivity contribution is 0.625. The number of hydrogen-bond acceptors (Lipinski definition) is 1.